The first-order valence-electron chi connectivity index (χ1n) is 6.15. The van der Waals surface area contributed by atoms with Gasteiger partial charge in [-0.25, -0.2) is 0 Å². The summed E-state index contributed by atoms with van der Waals surface area (Å²) < 4.78 is 5.72. The summed E-state index contributed by atoms with van der Waals surface area (Å²) >= 11 is 6.46. The third-order valence-electron chi connectivity index (χ3n) is 3.25. The fourth-order valence-electron chi connectivity index (χ4n) is 2.15. The molecule has 1 aliphatic rings. The van der Waals surface area contributed by atoms with E-state index in [9.17, 15) is 0 Å². The molecule has 1 aromatic rings. The van der Waals surface area contributed by atoms with Crippen molar-refractivity contribution >= 4 is 11.6 Å². The van der Waals surface area contributed by atoms with E-state index in [1.165, 1.54) is 24.0 Å². The zero-order chi connectivity index (χ0) is 11.4. The number of alkyl halides is 1. The van der Waals surface area contributed by atoms with Crippen molar-refractivity contribution in [3.05, 3.63) is 35.4 Å². The van der Waals surface area contributed by atoms with Crippen molar-refractivity contribution in [1.29, 1.82) is 0 Å². The Morgan fingerprint density at radius 1 is 1.31 bits per heavy atom. The smallest absolute Gasteiger partial charge is 0.0847 e. The number of hydrogen-bond acceptors (Lipinski definition) is 1. The van der Waals surface area contributed by atoms with E-state index in [0.717, 1.165) is 19.4 Å². The third kappa shape index (κ3) is 2.78. The fourth-order valence-corrected chi connectivity index (χ4v) is 2.49. The van der Waals surface area contributed by atoms with Crippen molar-refractivity contribution in [3.8, 4) is 0 Å². The first-order chi connectivity index (χ1) is 7.81. The van der Waals surface area contributed by atoms with Crippen LogP contribution in [0.2, 0.25) is 0 Å². The van der Waals surface area contributed by atoms with Crippen LogP contribution in [0.5, 0.6) is 0 Å². The molecule has 0 amide bonds. The first-order valence-corrected chi connectivity index (χ1v) is 6.59. The fraction of sp³-hybridized carbons (Fsp3) is 0.571. The van der Waals surface area contributed by atoms with Crippen molar-refractivity contribution < 1.29 is 4.74 Å². The van der Waals surface area contributed by atoms with Crippen LogP contribution in [0.4, 0.5) is 0 Å². The second kappa shape index (κ2) is 5.70. The monoisotopic (exact) mass is 238 g/mol. The van der Waals surface area contributed by atoms with E-state index in [1.54, 1.807) is 0 Å². The molecule has 0 N–H and O–H groups in total. The van der Waals surface area contributed by atoms with Crippen molar-refractivity contribution in [1.82, 2.24) is 0 Å². The number of benzene rings is 1. The van der Waals surface area contributed by atoms with Crippen LogP contribution in [0.15, 0.2) is 24.3 Å². The molecule has 2 atom stereocenters. The molecule has 0 radical (unpaired) electrons. The topological polar surface area (TPSA) is 9.23 Å². The lowest BCUT2D eigenvalue weighted by Gasteiger charge is -2.27. The van der Waals surface area contributed by atoms with Crippen molar-refractivity contribution in [3.63, 3.8) is 0 Å². The van der Waals surface area contributed by atoms with E-state index in [1.807, 2.05) is 0 Å². The summed E-state index contributed by atoms with van der Waals surface area (Å²) in [5, 5.41) is 0.00575. The van der Waals surface area contributed by atoms with Gasteiger partial charge in [0.15, 0.2) is 0 Å². The van der Waals surface area contributed by atoms with Crippen LogP contribution in [0.1, 0.15) is 42.7 Å². The summed E-state index contributed by atoms with van der Waals surface area (Å²) in [6, 6.07) is 8.59. The second-order valence-corrected chi connectivity index (χ2v) is 4.87. The third-order valence-corrected chi connectivity index (χ3v) is 3.78. The molecule has 0 spiro atoms. The van der Waals surface area contributed by atoms with Gasteiger partial charge in [-0.1, -0.05) is 31.2 Å². The van der Waals surface area contributed by atoms with Gasteiger partial charge in [0.2, 0.25) is 0 Å². The largest absolute Gasteiger partial charge is 0.376 e. The Bertz CT molecular complexity index is 314. The molecule has 1 aromatic carbocycles. The van der Waals surface area contributed by atoms with E-state index >= 15 is 0 Å². The molecule has 0 bridgehead atoms. The Balaban J connectivity index is 2.04. The molecule has 16 heavy (non-hydrogen) atoms. The van der Waals surface area contributed by atoms with E-state index in [2.05, 4.69) is 31.2 Å². The minimum absolute atomic E-state index is 0.00575. The quantitative estimate of drug-likeness (QED) is 0.721. The summed E-state index contributed by atoms with van der Waals surface area (Å²) in [7, 11) is 0. The SMILES string of the molecule is CCc1ccc(C(Cl)C2CCCCO2)cc1. The summed E-state index contributed by atoms with van der Waals surface area (Å²) in [6.45, 7) is 3.03. The Hall–Kier alpha value is -0.530. The number of rotatable bonds is 3. The molecule has 0 aliphatic carbocycles. The molecule has 1 nitrogen and oxygen atoms in total. The van der Waals surface area contributed by atoms with Crippen LogP contribution in [0.25, 0.3) is 0 Å². The normalized spacial score (nSPS) is 23.0. The molecule has 2 unspecified atom stereocenters. The molecule has 1 aliphatic heterocycles. The van der Waals surface area contributed by atoms with Gasteiger partial charge in [-0.05, 0) is 36.8 Å². The van der Waals surface area contributed by atoms with E-state index < -0.39 is 0 Å². The van der Waals surface area contributed by atoms with Crippen LogP contribution in [-0.4, -0.2) is 12.7 Å². The van der Waals surface area contributed by atoms with Crippen molar-refractivity contribution in [2.45, 2.75) is 44.1 Å². The zero-order valence-corrected chi connectivity index (χ0v) is 10.5. The molecule has 88 valence electrons. The highest BCUT2D eigenvalue weighted by molar-refractivity contribution is 6.21. The van der Waals surface area contributed by atoms with Crippen LogP contribution in [0, 0.1) is 0 Å². The Kier molecular flexibility index (Phi) is 4.25. The number of hydrogen-bond donors (Lipinski definition) is 0. The lowest BCUT2D eigenvalue weighted by Crippen LogP contribution is -2.23. The Labute approximate surface area is 103 Å². The van der Waals surface area contributed by atoms with Gasteiger partial charge < -0.3 is 4.74 Å². The minimum Gasteiger partial charge on any atom is -0.376 e. The lowest BCUT2D eigenvalue weighted by atomic mass is 9.99. The second-order valence-electron chi connectivity index (χ2n) is 4.40. The van der Waals surface area contributed by atoms with Gasteiger partial charge in [-0.15, -0.1) is 11.6 Å². The maximum absolute atomic E-state index is 6.46. The highest BCUT2D eigenvalue weighted by Crippen LogP contribution is 2.31. The summed E-state index contributed by atoms with van der Waals surface area (Å²) in [5.74, 6) is 0. The molecule has 2 rings (SSSR count). The average Bonchev–Trinajstić information content (AvgIpc) is 2.39. The van der Waals surface area contributed by atoms with Crippen molar-refractivity contribution in [2.75, 3.05) is 6.61 Å². The Morgan fingerprint density at radius 3 is 2.62 bits per heavy atom. The standard InChI is InChI=1S/C14H19ClO/c1-2-11-6-8-12(9-7-11)14(15)13-5-3-4-10-16-13/h6-9,13-14H,2-5,10H2,1H3. The van der Waals surface area contributed by atoms with Gasteiger partial charge in [0.05, 0.1) is 11.5 Å². The van der Waals surface area contributed by atoms with Gasteiger partial charge in [0.1, 0.15) is 0 Å². The average molecular weight is 239 g/mol. The highest BCUT2D eigenvalue weighted by Gasteiger charge is 2.23. The predicted octanol–water partition coefficient (Wildman–Crippen LogP) is 4.10. The van der Waals surface area contributed by atoms with E-state index in [0.29, 0.717) is 0 Å². The van der Waals surface area contributed by atoms with Crippen LogP contribution in [-0.2, 0) is 11.2 Å². The molecule has 2 heteroatoms. The molecule has 1 fully saturated rings. The van der Waals surface area contributed by atoms with Crippen molar-refractivity contribution in [2.24, 2.45) is 0 Å². The molecule has 1 saturated heterocycles. The lowest BCUT2D eigenvalue weighted by molar-refractivity contribution is 0.0136. The zero-order valence-electron chi connectivity index (χ0n) is 9.79. The van der Waals surface area contributed by atoms with Gasteiger partial charge in [-0.2, -0.15) is 0 Å². The van der Waals surface area contributed by atoms with Gasteiger partial charge >= 0.3 is 0 Å². The number of ether oxygens (including phenoxy) is 1. The minimum atomic E-state index is 0.00575. The summed E-state index contributed by atoms with van der Waals surface area (Å²) in [5.41, 5.74) is 2.54. The van der Waals surface area contributed by atoms with Gasteiger partial charge in [0.25, 0.3) is 0 Å². The maximum Gasteiger partial charge on any atom is 0.0847 e. The molecule has 0 saturated carbocycles. The highest BCUT2D eigenvalue weighted by atomic mass is 35.5. The summed E-state index contributed by atoms with van der Waals surface area (Å²) in [6.07, 6.45) is 4.77. The predicted molar refractivity (Wildman–Crippen MR) is 68.0 cm³/mol. The summed E-state index contributed by atoms with van der Waals surface area (Å²) in [4.78, 5) is 0. The number of aryl methyl sites for hydroxylation is 1. The molecular weight excluding hydrogens is 220 g/mol. The molecule has 0 aromatic heterocycles. The number of halogens is 1. The van der Waals surface area contributed by atoms with Crippen LogP contribution >= 0.6 is 11.6 Å². The van der Waals surface area contributed by atoms with Gasteiger partial charge in [0, 0.05) is 6.61 Å². The van der Waals surface area contributed by atoms with E-state index in [4.69, 9.17) is 16.3 Å². The first kappa shape index (κ1) is 11.9. The van der Waals surface area contributed by atoms with Crippen LogP contribution in [0.3, 0.4) is 0 Å². The van der Waals surface area contributed by atoms with Crippen LogP contribution < -0.4 is 0 Å². The molecular formula is C14H19ClO. The molecule has 1 heterocycles. The van der Waals surface area contributed by atoms with Gasteiger partial charge in [-0.3, -0.25) is 0 Å². The maximum atomic E-state index is 6.46. The van der Waals surface area contributed by atoms with E-state index in [-0.39, 0.29) is 11.5 Å². The Morgan fingerprint density at radius 2 is 2.06 bits per heavy atom.